The van der Waals surface area contributed by atoms with Gasteiger partial charge in [0.25, 0.3) is 0 Å². The molecular weight excluding hydrogens is 236 g/mol. The van der Waals surface area contributed by atoms with Crippen molar-refractivity contribution in [1.82, 2.24) is 0 Å². The maximum absolute atomic E-state index is 11.4. The molecular formula is C13H22O5. The zero-order chi connectivity index (χ0) is 13.4. The van der Waals surface area contributed by atoms with Crippen LogP contribution in [0.15, 0.2) is 0 Å². The van der Waals surface area contributed by atoms with Gasteiger partial charge in [0.2, 0.25) is 6.29 Å². The molecule has 1 N–H and O–H groups in total. The molecule has 0 bridgehead atoms. The van der Waals surface area contributed by atoms with Crippen molar-refractivity contribution in [1.29, 1.82) is 0 Å². The van der Waals surface area contributed by atoms with E-state index in [1.165, 1.54) is 6.42 Å². The highest BCUT2D eigenvalue weighted by Gasteiger charge is 2.28. The molecule has 0 heterocycles. The highest BCUT2D eigenvalue weighted by atomic mass is 16.7. The summed E-state index contributed by atoms with van der Waals surface area (Å²) in [6, 6.07) is 0. The molecule has 0 aliphatic heterocycles. The van der Waals surface area contributed by atoms with E-state index < -0.39 is 24.6 Å². The summed E-state index contributed by atoms with van der Waals surface area (Å²) in [5, 5.41) is 8.54. The lowest BCUT2D eigenvalue weighted by Gasteiger charge is -2.29. The first kappa shape index (κ1) is 15.0. The molecule has 1 fully saturated rings. The second-order valence-corrected chi connectivity index (χ2v) is 4.70. The van der Waals surface area contributed by atoms with Crippen molar-refractivity contribution in [2.75, 3.05) is 6.61 Å². The third-order valence-corrected chi connectivity index (χ3v) is 3.06. The van der Waals surface area contributed by atoms with Crippen LogP contribution in [-0.2, 0) is 19.1 Å². The molecule has 0 amide bonds. The standard InChI is InChI=1S/C13H22O5/c1-2-8-17-13(10-6-4-3-5-7-10)18-12(16)9-11(14)15/h10,13H,2-9H2,1H3,(H,14,15). The lowest BCUT2D eigenvalue weighted by molar-refractivity contribution is -0.195. The van der Waals surface area contributed by atoms with Crippen LogP contribution in [-0.4, -0.2) is 29.9 Å². The number of hydrogen-bond acceptors (Lipinski definition) is 4. The second-order valence-electron chi connectivity index (χ2n) is 4.70. The van der Waals surface area contributed by atoms with Crippen molar-refractivity contribution in [3.8, 4) is 0 Å². The highest BCUT2D eigenvalue weighted by molar-refractivity contribution is 5.90. The van der Waals surface area contributed by atoms with E-state index in [1.807, 2.05) is 6.92 Å². The Bertz CT molecular complexity index is 271. The number of carboxylic acids is 1. The van der Waals surface area contributed by atoms with Gasteiger partial charge in [-0.15, -0.1) is 0 Å². The van der Waals surface area contributed by atoms with Crippen LogP contribution in [0.5, 0.6) is 0 Å². The minimum Gasteiger partial charge on any atom is -0.481 e. The summed E-state index contributed by atoms with van der Waals surface area (Å²) in [5.74, 6) is -1.67. The topological polar surface area (TPSA) is 72.8 Å². The zero-order valence-corrected chi connectivity index (χ0v) is 10.9. The molecule has 18 heavy (non-hydrogen) atoms. The summed E-state index contributed by atoms with van der Waals surface area (Å²) in [7, 11) is 0. The van der Waals surface area contributed by atoms with Crippen LogP contribution >= 0.6 is 0 Å². The van der Waals surface area contributed by atoms with Gasteiger partial charge in [-0.25, -0.2) is 0 Å². The Balaban J connectivity index is 2.47. The quantitative estimate of drug-likeness (QED) is 0.431. The molecule has 104 valence electrons. The Labute approximate surface area is 107 Å². The number of hydrogen-bond donors (Lipinski definition) is 1. The Hall–Kier alpha value is -1.10. The maximum Gasteiger partial charge on any atom is 0.319 e. The van der Waals surface area contributed by atoms with Gasteiger partial charge < -0.3 is 14.6 Å². The second kappa shape index (κ2) is 8.08. The van der Waals surface area contributed by atoms with E-state index in [2.05, 4.69) is 0 Å². The maximum atomic E-state index is 11.4. The van der Waals surface area contributed by atoms with Crippen molar-refractivity contribution < 1.29 is 24.2 Å². The summed E-state index contributed by atoms with van der Waals surface area (Å²) >= 11 is 0. The number of rotatable bonds is 7. The molecule has 1 aliphatic rings. The average Bonchev–Trinajstić information content (AvgIpc) is 2.34. The summed E-state index contributed by atoms with van der Waals surface area (Å²) in [5.41, 5.74) is 0. The molecule has 0 aromatic heterocycles. The average molecular weight is 258 g/mol. The lowest BCUT2D eigenvalue weighted by Crippen LogP contribution is -2.32. The predicted molar refractivity (Wildman–Crippen MR) is 65.0 cm³/mol. The molecule has 0 aromatic rings. The van der Waals surface area contributed by atoms with Gasteiger partial charge in [-0.1, -0.05) is 26.2 Å². The number of ether oxygens (including phenoxy) is 2. The Kier molecular flexibility index (Phi) is 6.72. The van der Waals surface area contributed by atoms with Crippen LogP contribution in [0, 0.1) is 5.92 Å². The SMILES string of the molecule is CCCOC(OC(=O)CC(=O)O)C1CCCCC1. The van der Waals surface area contributed by atoms with Crippen LogP contribution in [0.2, 0.25) is 0 Å². The number of carbonyl (C=O) groups excluding carboxylic acids is 1. The molecule has 1 saturated carbocycles. The smallest absolute Gasteiger partial charge is 0.319 e. The molecule has 1 rings (SSSR count). The van der Waals surface area contributed by atoms with Gasteiger partial charge in [0.1, 0.15) is 6.42 Å². The van der Waals surface area contributed by atoms with Gasteiger partial charge in [0, 0.05) is 5.92 Å². The first-order chi connectivity index (χ1) is 8.63. The normalized spacial score (nSPS) is 18.3. The molecule has 1 unspecified atom stereocenters. The lowest BCUT2D eigenvalue weighted by atomic mass is 9.89. The van der Waals surface area contributed by atoms with E-state index in [1.54, 1.807) is 0 Å². The van der Waals surface area contributed by atoms with Crippen LogP contribution in [0.4, 0.5) is 0 Å². The van der Waals surface area contributed by atoms with Crippen molar-refractivity contribution in [3.05, 3.63) is 0 Å². The Morgan fingerprint density at radius 2 is 1.94 bits per heavy atom. The van der Waals surface area contributed by atoms with Crippen molar-refractivity contribution >= 4 is 11.9 Å². The van der Waals surface area contributed by atoms with Crippen LogP contribution < -0.4 is 0 Å². The summed E-state index contributed by atoms with van der Waals surface area (Å²) in [4.78, 5) is 21.8. The fraction of sp³-hybridized carbons (Fsp3) is 0.846. The van der Waals surface area contributed by atoms with Crippen molar-refractivity contribution in [3.63, 3.8) is 0 Å². The van der Waals surface area contributed by atoms with Gasteiger partial charge in [-0.3, -0.25) is 9.59 Å². The molecule has 5 nitrogen and oxygen atoms in total. The molecule has 1 atom stereocenters. The molecule has 0 spiro atoms. The first-order valence-electron chi connectivity index (χ1n) is 6.66. The number of esters is 1. The number of carboxylic acid groups (broad SMARTS) is 1. The number of aliphatic carboxylic acids is 1. The fourth-order valence-corrected chi connectivity index (χ4v) is 2.20. The van der Waals surface area contributed by atoms with Crippen molar-refractivity contribution in [2.45, 2.75) is 58.2 Å². The van der Waals surface area contributed by atoms with E-state index in [-0.39, 0.29) is 5.92 Å². The zero-order valence-electron chi connectivity index (χ0n) is 10.9. The fourth-order valence-electron chi connectivity index (χ4n) is 2.20. The molecule has 1 aliphatic carbocycles. The summed E-state index contributed by atoms with van der Waals surface area (Å²) < 4.78 is 10.7. The number of carbonyl (C=O) groups is 2. The van der Waals surface area contributed by atoms with Gasteiger partial charge in [0.05, 0.1) is 6.61 Å². The third kappa shape index (κ3) is 5.49. The van der Waals surface area contributed by atoms with Gasteiger partial charge in [0.15, 0.2) is 0 Å². The Morgan fingerprint density at radius 1 is 1.28 bits per heavy atom. The van der Waals surface area contributed by atoms with Gasteiger partial charge >= 0.3 is 11.9 Å². The molecule has 0 saturated heterocycles. The largest absolute Gasteiger partial charge is 0.481 e. The first-order valence-corrected chi connectivity index (χ1v) is 6.66. The van der Waals surface area contributed by atoms with E-state index in [9.17, 15) is 9.59 Å². The summed E-state index contributed by atoms with van der Waals surface area (Å²) in [6.07, 6.45) is 5.08. The van der Waals surface area contributed by atoms with Gasteiger partial charge in [-0.2, -0.15) is 0 Å². The van der Waals surface area contributed by atoms with E-state index in [0.29, 0.717) is 6.61 Å². The summed E-state index contributed by atoms with van der Waals surface area (Å²) in [6.45, 7) is 2.51. The van der Waals surface area contributed by atoms with Gasteiger partial charge in [-0.05, 0) is 19.3 Å². The third-order valence-electron chi connectivity index (χ3n) is 3.06. The van der Waals surface area contributed by atoms with Crippen LogP contribution in [0.1, 0.15) is 51.9 Å². The van der Waals surface area contributed by atoms with E-state index in [4.69, 9.17) is 14.6 Å². The van der Waals surface area contributed by atoms with Crippen LogP contribution in [0.3, 0.4) is 0 Å². The molecule has 5 heteroatoms. The van der Waals surface area contributed by atoms with Crippen LogP contribution in [0.25, 0.3) is 0 Å². The minimum absolute atomic E-state index is 0.211. The molecule has 0 aromatic carbocycles. The van der Waals surface area contributed by atoms with E-state index >= 15 is 0 Å². The Morgan fingerprint density at radius 3 is 2.50 bits per heavy atom. The predicted octanol–water partition coefficient (Wildman–Crippen LogP) is 2.34. The highest BCUT2D eigenvalue weighted by Crippen LogP contribution is 2.28. The van der Waals surface area contributed by atoms with Crippen molar-refractivity contribution in [2.24, 2.45) is 5.92 Å². The minimum atomic E-state index is -1.17. The molecule has 0 radical (unpaired) electrons. The van der Waals surface area contributed by atoms with E-state index in [0.717, 1.165) is 32.1 Å². The monoisotopic (exact) mass is 258 g/mol.